The minimum absolute atomic E-state index is 0.158. The topological polar surface area (TPSA) is 76.7 Å². The van der Waals surface area contributed by atoms with Crippen molar-refractivity contribution in [1.82, 2.24) is 14.5 Å². The third kappa shape index (κ3) is 2.01. The Morgan fingerprint density at radius 3 is 2.80 bits per heavy atom. The quantitative estimate of drug-likeness (QED) is 0.742. The third-order valence-corrected chi connectivity index (χ3v) is 1.99. The summed E-state index contributed by atoms with van der Waals surface area (Å²) in [7, 11) is 0. The SMILES string of the molecule is CC.CCn1ccc2c(=O)[nH]c(N)nc21. The highest BCUT2D eigenvalue weighted by Gasteiger charge is 2.05. The van der Waals surface area contributed by atoms with Crippen LogP contribution >= 0.6 is 0 Å². The summed E-state index contributed by atoms with van der Waals surface area (Å²) in [6.45, 7) is 6.76. The number of hydrogen-bond donors (Lipinski definition) is 2. The summed E-state index contributed by atoms with van der Waals surface area (Å²) < 4.78 is 1.88. The van der Waals surface area contributed by atoms with Gasteiger partial charge in [0.2, 0.25) is 5.95 Å². The van der Waals surface area contributed by atoms with Crippen molar-refractivity contribution in [3.8, 4) is 0 Å². The predicted molar refractivity (Wildman–Crippen MR) is 61.8 cm³/mol. The molecule has 0 saturated carbocycles. The Labute approximate surface area is 87.9 Å². The monoisotopic (exact) mass is 208 g/mol. The molecule has 0 spiro atoms. The molecule has 5 nitrogen and oxygen atoms in total. The minimum Gasteiger partial charge on any atom is -0.369 e. The number of aromatic nitrogens is 3. The van der Waals surface area contributed by atoms with Gasteiger partial charge in [-0.25, -0.2) is 0 Å². The van der Waals surface area contributed by atoms with Crippen LogP contribution in [0, 0.1) is 0 Å². The van der Waals surface area contributed by atoms with Gasteiger partial charge in [0, 0.05) is 12.7 Å². The third-order valence-electron chi connectivity index (χ3n) is 1.99. The Morgan fingerprint density at radius 2 is 2.20 bits per heavy atom. The van der Waals surface area contributed by atoms with Crippen molar-refractivity contribution in [2.75, 3.05) is 5.73 Å². The summed E-state index contributed by atoms with van der Waals surface area (Å²) in [6, 6.07) is 1.74. The van der Waals surface area contributed by atoms with Crippen molar-refractivity contribution in [3.63, 3.8) is 0 Å². The highest BCUT2D eigenvalue weighted by Crippen LogP contribution is 2.08. The van der Waals surface area contributed by atoms with E-state index in [1.54, 1.807) is 6.07 Å². The zero-order chi connectivity index (χ0) is 11.4. The summed E-state index contributed by atoms with van der Waals surface area (Å²) in [4.78, 5) is 17.8. The zero-order valence-corrected chi connectivity index (χ0v) is 9.24. The van der Waals surface area contributed by atoms with Gasteiger partial charge in [-0.3, -0.25) is 9.78 Å². The fourth-order valence-electron chi connectivity index (χ4n) is 1.35. The van der Waals surface area contributed by atoms with Crippen LogP contribution < -0.4 is 11.3 Å². The highest BCUT2D eigenvalue weighted by atomic mass is 16.1. The summed E-state index contributed by atoms with van der Waals surface area (Å²) >= 11 is 0. The smallest absolute Gasteiger partial charge is 0.261 e. The molecule has 5 heteroatoms. The molecule has 2 aromatic rings. The molecule has 3 N–H and O–H groups in total. The number of nitrogens with one attached hydrogen (secondary N) is 1. The molecule has 0 unspecified atom stereocenters. The molecule has 0 bridgehead atoms. The van der Waals surface area contributed by atoms with Crippen LogP contribution in [0.4, 0.5) is 5.95 Å². The fraction of sp³-hybridized carbons (Fsp3) is 0.400. The van der Waals surface area contributed by atoms with Gasteiger partial charge in [-0.15, -0.1) is 0 Å². The number of nitrogens with zero attached hydrogens (tertiary/aromatic N) is 2. The number of hydrogen-bond acceptors (Lipinski definition) is 3. The van der Waals surface area contributed by atoms with E-state index < -0.39 is 0 Å². The standard InChI is InChI=1S/C8H10N4O.C2H6/c1-2-12-4-3-5-6(12)10-8(9)11-7(5)13;1-2/h3-4H,2H2,1H3,(H3,9,10,11,13);1-2H3. The molecule has 0 aromatic carbocycles. The molecule has 0 aliphatic heterocycles. The number of nitrogen functional groups attached to an aromatic ring is 1. The molecule has 0 fully saturated rings. The highest BCUT2D eigenvalue weighted by molar-refractivity contribution is 5.75. The van der Waals surface area contributed by atoms with E-state index in [1.165, 1.54) is 0 Å². The van der Waals surface area contributed by atoms with Gasteiger partial charge < -0.3 is 10.3 Å². The lowest BCUT2D eigenvalue weighted by Gasteiger charge is -1.99. The van der Waals surface area contributed by atoms with Gasteiger partial charge in [-0.05, 0) is 13.0 Å². The predicted octanol–water partition coefficient (Wildman–Crippen LogP) is 1.35. The molecule has 2 aromatic heterocycles. The van der Waals surface area contributed by atoms with Crippen LogP contribution in [0.2, 0.25) is 0 Å². The number of nitrogens with two attached hydrogens (primary N) is 1. The molecule has 2 heterocycles. The first kappa shape index (κ1) is 11.3. The number of fused-ring (bicyclic) bond motifs is 1. The Morgan fingerprint density at radius 1 is 1.53 bits per heavy atom. The van der Waals surface area contributed by atoms with Gasteiger partial charge in [-0.2, -0.15) is 4.98 Å². The van der Waals surface area contributed by atoms with E-state index in [0.29, 0.717) is 11.0 Å². The first-order valence-electron chi connectivity index (χ1n) is 5.07. The maximum atomic E-state index is 11.3. The molecule has 0 amide bonds. The van der Waals surface area contributed by atoms with Crippen LogP contribution in [0.3, 0.4) is 0 Å². The lowest BCUT2D eigenvalue weighted by atomic mass is 10.4. The minimum atomic E-state index is -0.185. The van der Waals surface area contributed by atoms with E-state index >= 15 is 0 Å². The average molecular weight is 208 g/mol. The van der Waals surface area contributed by atoms with Crippen molar-refractivity contribution in [1.29, 1.82) is 0 Å². The molecule has 0 atom stereocenters. The van der Waals surface area contributed by atoms with Gasteiger partial charge in [0.05, 0.1) is 5.39 Å². The van der Waals surface area contributed by atoms with E-state index in [-0.39, 0.29) is 11.5 Å². The van der Waals surface area contributed by atoms with E-state index in [9.17, 15) is 4.79 Å². The summed E-state index contributed by atoms with van der Waals surface area (Å²) in [5.41, 5.74) is 5.88. The Bertz CT molecular complexity index is 498. The molecule has 0 saturated heterocycles. The van der Waals surface area contributed by atoms with Crippen molar-refractivity contribution in [2.24, 2.45) is 0 Å². The van der Waals surface area contributed by atoms with Crippen molar-refractivity contribution < 1.29 is 0 Å². The van der Waals surface area contributed by atoms with Crippen LogP contribution in [0.1, 0.15) is 20.8 Å². The van der Waals surface area contributed by atoms with E-state index in [2.05, 4.69) is 9.97 Å². The van der Waals surface area contributed by atoms with Crippen LogP contribution in [0.5, 0.6) is 0 Å². The van der Waals surface area contributed by atoms with Gasteiger partial charge in [0.25, 0.3) is 5.56 Å². The molecule has 0 aliphatic rings. The maximum absolute atomic E-state index is 11.3. The van der Waals surface area contributed by atoms with Crippen LogP contribution in [0.15, 0.2) is 17.1 Å². The lowest BCUT2D eigenvalue weighted by molar-refractivity contribution is 0.787. The van der Waals surface area contributed by atoms with E-state index in [4.69, 9.17) is 5.73 Å². The fourth-order valence-corrected chi connectivity index (χ4v) is 1.35. The van der Waals surface area contributed by atoms with Crippen molar-refractivity contribution in [3.05, 3.63) is 22.6 Å². The van der Waals surface area contributed by atoms with Crippen molar-refractivity contribution in [2.45, 2.75) is 27.3 Å². The van der Waals surface area contributed by atoms with Gasteiger partial charge in [0.15, 0.2) is 0 Å². The Hall–Kier alpha value is -1.78. The number of aryl methyl sites for hydroxylation is 1. The Balaban J connectivity index is 0.000000531. The maximum Gasteiger partial charge on any atom is 0.261 e. The summed E-state index contributed by atoms with van der Waals surface area (Å²) in [5.74, 6) is 0.158. The lowest BCUT2D eigenvalue weighted by Crippen LogP contribution is -2.11. The van der Waals surface area contributed by atoms with Gasteiger partial charge >= 0.3 is 0 Å². The molecular formula is C10H16N4O. The number of aromatic amines is 1. The molecule has 0 aliphatic carbocycles. The number of H-pyrrole nitrogens is 1. The van der Waals surface area contributed by atoms with E-state index in [1.807, 2.05) is 31.5 Å². The molecule has 2 rings (SSSR count). The molecular weight excluding hydrogens is 192 g/mol. The zero-order valence-electron chi connectivity index (χ0n) is 9.24. The van der Waals surface area contributed by atoms with Crippen LogP contribution in [0.25, 0.3) is 11.0 Å². The first-order valence-corrected chi connectivity index (χ1v) is 5.07. The second kappa shape index (κ2) is 4.63. The second-order valence-corrected chi connectivity index (χ2v) is 2.79. The van der Waals surface area contributed by atoms with Crippen LogP contribution in [-0.4, -0.2) is 14.5 Å². The number of rotatable bonds is 1. The largest absolute Gasteiger partial charge is 0.369 e. The van der Waals surface area contributed by atoms with Gasteiger partial charge in [0.1, 0.15) is 5.65 Å². The first-order chi connectivity index (χ1) is 7.22. The van der Waals surface area contributed by atoms with Gasteiger partial charge in [-0.1, -0.05) is 13.8 Å². The molecule has 82 valence electrons. The van der Waals surface area contributed by atoms with E-state index in [0.717, 1.165) is 6.54 Å². The molecule has 15 heavy (non-hydrogen) atoms. The number of anilines is 1. The van der Waals surface area contributed by atoms with Crippen LogP contribution in [-0.2, 0) is 6.54 Å². The summed E-state index contributed by atoms with van der Waals surface area (Å²) in [6.07, 6.45) is 1.83. The average Bonchev–Trinajstić information content (AvgIpc) is 2.64. The molecule has 0 radical (unpaired) electrons. The normalized spacial score (nSPS) is 9.80. The second-order valence-electron chi connectivity index (χ2n) is 2.79. The van der Waals surface area contributed by atoms with Crippen molar-refractivity contribution >= 4 is 17.0 Å². The summed E-state index contributed by atoms with van der Waals surface area (Å²) in [5, 5.41) is 0.580. The Kier molecular flexibility index (Phi) is 3.49.